The van der Waals surface area contributed by atoms with Crippen LogP contribution in [0.4, 0.5) is 39.5 Å². The summed E-state index contributed by atoms with van der Waals surface area (Å²) < 4.78 is 141. The predicted molar refractivity (Wildman–Crippen MR) is 68.5 cm³/mol. The van der Waals surface area contributed by atoms with Gasteiger partial charge in [-0.25, -0.2) is 0 Å². The van der Waals surface area contributed by atoms with Crippen molar-refractivity contribution in [2.45, 2.75) is 35.8 Å². The van der Waals surface area contributed by atoms with Crippen LogP contribution >= 0.6 is 7.60 Å². The van der Waals surface area contributed by atoms with Crippen LogP contribution in [-0.4, -0.2) is 36.4 Å². The van der Waals surface area contributed by atoms with Crippen molar-refractivity contribution in [3.8, 4) is 0 Å². The number of alkyl halides is 9. The fraction of sp³-hybridized carbons (Fsp3) is 0.538. The Morgan fingerprint density at radius 3 is 1.89 bits per heavy atom. The minimum absolute atomic E-state index is 0.195. The smallest absolute Gasteiger partial charge is 0.428 e. The van der Waals surface area contributed by atoms with Crippen molar-refractivity contribution in [2.24, 2.45) is 0 Å². The molecule has 3 unspecified atom stereocenters. The van der Waals surface area contributed by atoms with E-state index in [0.717, 1.165) is 12.1 Å². The van der Waals surface area contributed by atoms with Gasteiger partial charge in [-0.05, 0) is 5.56 Å². The van der Waals surface area contributed by atoms with E-state index >= 15 is 0 Å². The first-order valence-corrected chi connectivity index (χ1v) is 8.82. The number of ether oxygens (including phenoxy) is 1. The molecule has 0 spiro atoms. The lowest BCUT2D eigenvalue weighted by molar-refractivity contribution is -0.390. The molecule has 14 heteroatoms. The second-order valence-corrected chi connectivity index (χ2v) is 7.41. The van der Waals surface area contributed by atoms with Gasteiger partial charge in [0.1, 0.15) is 7.60 Å². The predicted octanol–water partition coefficient (Wildman–Crippen LogP) is 4.12. The van der Waals surface area contributed by atoms with Gasteiger partial charge < -0.3 is 14.0 Å². The molecule has 1 aromatic carbocycles. The Morgan fingerprint density at radius 2 is 1.52 bits per heavy atom. The molecule has 1 aliphatic rings. The molecule has 1 aromatic rings. The Bertz CT molecular complexity index is 751. The largest absolute Gasteiger partial charge is 0.779 e. The molecule has 1 heterocycles. The second kappa shape index (κ2) is 6.10. The molecule has 0 bridgehead atoms. The van der Waals surface area contributed by atoms with Crippen molar-refractivity contribution in [2.75, 3.05) is 6.66 Å². The van der Waals surface area contributed by atoms with Crippen LogP contribution in [0, 0.1) is 0 Å². The second-order valence-electron chi connectivity index (χ2n) is 5.65. The summed E-state index contributed by atoms with van der Waals surface area (Å²) in [6.45, 7) is 0.195. The summed E-state index contributed by atoms with van der Waals surface area (Å²) in [5.41, 5.74) is -0.976. The van der Waals surface area contributed by atoms with E-state index in [1.54, 1.807) is 0 Å². The number of rotatable bonds is 5. The third-order valence-corrected chi connectivity index (χ3v) is 4.18. The first-order valence-electron chi connectivity index (χ1n) is 6.83. The van der Waals surface area contributed by atoms with Gasteiger partial charge in [0.15, 0.2) is 6.10 Å². The maximum absolute atomic E-state index is 14.5. The quantitative estimate of drug-likeness (QED) is 0.520. The highest BCUT2D eigenvalue weighted by atomic mass is 31.2. The van der Waals surface area contributed by atoms with Gasteiger partial charge in [-0.2, -0.15) is 39.5 Å². The molecule has 1 saturated heterocycles. The average molecular weight is 431 g/mol. The third kappa shape index (κ3) is 3.14. The van der Waals surface area contributed by atoms with E-state index in [1.165, 1.54) is 6.07 Å². The Hall–Kier alpha value is -1.30. The standard InChI is InChI=1S/C13H10F9O4P/c1-27(23,24)25-8(7-5-3-2-4-6-7)9(14,15)12(20)10(16,17)11(18,19)13(21,22)26-12/h2-6,8H,1H3,(H,23,24)/p-1. The zero-order valence-electron chi connectivity index (χ0n) is 12.9. The molecule has 1 aliphatic heterocycles. The molecule has 2 rings (SSSR count). The van der Waals surface area contributed by atoms with Crippen molar-refractivity contribution in [1.29, 1.82) is 0 Å². The lowest BCUT2D eigenvalue weighted by atomic mass is 9.92. The van der Waals surface area contributed by atoms with Gasteiger partial charge in [0.2, 0.25) is 0 Å². The highest BCUT2D eigenvalue weighted by Crippen LogP contribution is 2.67. The summed E-state index contributed by atoms with van der Waals surface area (Å²) in [7, 11) is -5.23. The molecule has 27 heavy (non-hydrogen) atoms. The van der Waals surface area contributed by atoms with Crippen LogP contribution in [0.15, 0.2) is 30.3 Å². The first kappa shape index (κ1) is 22.0. The van der Waals surface area contributed by atoms with E-state index in [2.05, 4.69) is 9.26 Å². The number of halogens is 9. The van der Waals surface area contributed by atoms with Crippen LogP contribution in [0.5, 0.6) is 0 Å². The van der Waals surface area contributed by atoms with Crippen molar-refractivity contribution < 1.29 is 58.2 Å². The number of hydrogen-bond acceptors (Lipinski definition) is 4. The van der Waals surface area contributed by atoms with E-state index in [0.29, 0.717) is 12.1 Å². The normalized spacial score (nSPS) is 29.9. The van der Waals surface area contributed by atoms with Gasteiger partial charge >= 0.3 is 29.7 Å². The Balaban J connectivity index is 2.67. The van der Waals surface area contributed by atoms with Crippen LogP contribution in [-0.2, 0) is 13.8 Å². The van der Waals surface area contributed by atoms with Crippen molar-refractivity contribution in [3.05, 3.63) is 35.9 Å². The average Bonchev–Trinajstić information content (AvgIpc) is 2.60. The maximum atomic E-state index is 14.5. The highest BCUT2D eigenvalue weighted by molar-refractivity contribution is 7.50. The van der Waals surface area contributed by atoms with Gasteiger partial charge in [0, 0.05) is 6.66 Å². The molecule has 0 aromatic heterocycles. The lowest BCUT2D eigenvalue weighted by Gasteiger charge is -2.39. The molecule has 1 fully saturated rings. The van der Waals surface area contributed by atoms with E-state index < -0.39 is 49.0 Å². The molecular formula is C13H9F9O4P-. The summed E-state index contributed by atoms with van der Waals surface area (Å²) in [4.78, 5) is 11.2. The van der Waals surface area contributed by atoms with Crippen LogP contribution in [0.25, 0.3) is 0 Å². The minimum Gasteiger partial charge on any atom is -0.779 e. The number of hydrogen-bond donors (Lipinski definition) is 0. The molecule has 4 nitrogen and oxygen atoms in total. The zero-order chi connectivity index (χ0) is 21.1. The first-order chi connectivity index (χ1) is 11.9. The summed E-state index contributed by atoms with van der Waals surface area (Å²) in [6.07, 6.45) is -9.82. The van der Waals surface area contributed by atoms with Gasteiger partial charge in [0.25, 0.3) is 0 Å². The third-order valence-electron chi connectivity index (χ3n) is 3.59. The van der Waals surface area contributed by atoms with Crippen LogP contribution < -0.4 is 4.89 Å². The van der Waals surface area contributed by atoms with Gasteiger partial charge in [-0.1, -0.05) is 30.3 Å². The van der Waals surface area contributed by atoms with Crippen LogP contribution in [0.1, 0.15) is 11.7 Å². The van der Waals surface area contributed by atoms with Crippen LogP contribution in [0.2, 0.25) is 0 Å². The topological polar surface area (TPSA) is 58.6 Å². The molecule has 0 amide bonds. The van der Waals surface area contributed by atoms with E-state index in [-0.39, 0.29) is 6.66 Å². The molecule has 0 N–H and O–H groups in total. The molecular weight excluding hydrogens is 422 g/mol. The van der Waals surface area contributed by atoms with Gasteiger partial charge in [-0.3, -0.25) is 4.74 Å². The SMILES string of the molecule is CP(=O)([O-])OC(c1ccccc1)C(F)(F)C1(F)OC(F)(F)C(F)(F)C1(F)F. The van der Waals surface area contributed by atoms with Gasteiger partial charge in [-0.15, -0.1) is 0 Å². The zero-order valence-corrected chi connectivity index (χ0v) is 13.8. The molecule has 154 valence electrons. The summed E-state index contributed by atoms with van der Waals surface area (Å²) >= 11 is 0. The Labute approximate surface area is 145 Å². The lowest BCUT2D eigenvalue weighted by Crippen LogP contribution is -2.62. The Kier molecular flexibility index (Phi) is 4.97. The van der Waals surface area contributed by atoms with Gasteiger partial charge in [0.05, 0.1) is 0 Å². The molecule has 3 atom stereocenters. The maximum Gasteiger partial charge on any atom is 0.428 e. The summed E-state index contributed by atoms with van der Waals surface area (Å²) in [5, 5.41) is 0. The fourth-order valence-corrected chi connectivity index (χ4v) is 2.93. The van der Waals surface area contributed by atoms with Crippen molar-refractivity contribution in [1.82, 2.24) is 0 Å². The highest BCUT2D eigenvalue weighted by Gasteiger charge is 2.95. The Morgan fingerprint density at radius 1 is 1.04 bits per heavy atom. The minimum atomic E-state index is -6.75. The molecule has 0 radical (unpaired) electrons. The fourth-order valence-electron chi connectivity index (χ4n) is 2.29. The van der Waals surface area contributed by atoms with E-state index in [1.807, 2.05) is 0 Å². The molecule has 0 saturated carbocycles. The van der Waals surface area contributed by atoms with E-state index in [4.69, 9.17) is 0 Å². The summed E-state index contributed by atoms with van der Waals surface area (Å²) in [5.74, 6) is -25.7. The molecule has 0 aliphatic carbocycles. The van der Waals surface area contributed by atoms with Crippen molar-refractivity contribution in [3.63, 3.8) is 0 Å². The number of benzene rings is 1. The van der Waals surface area contributed by atoms with E-state index in [9.17, 15) is 49.0 Å². The van der Waals surface area contributed by atoms with Crippen LogP contribution in [0.3, 0.4) is 0 Å². The summed E-state index contributed by atoms with van der Waals surface area (Å²) in [6, 6.07) is 4.43. The van der Waals surface area contributed by atoms with Crippen molar-refractivity contribution >= 4 is 7.60 Å². The monoisotopic (exact) mass is 431 g/mol.